The summed E-state index contributed by atoms with van der Waals surface area (Å²) in [6.45, 7) is 2.28. The van der Waals surface area contributed by atoms with Crippen LogP contribution in [0.25, 0.3) is 16.5 Å². The van der Waals surface area contributed by atoms with E-state index in [4.69, 9.17) is 0 Å². The maximum atomic E-state index is 2.48. The van der Waals surface area contributed by atoms with Gasteiger partial charge in [0.1, 0.15) is 0 Å². The van der Waals surface area contributed by atoms with Crippen LogP contribution in [0.1, 0.15) is 12.0 Å². The Hall–Kier alpha value is -1.54. The molecule has 0 bridgehead atoms. The normalized spacial score (nSPS) is 23.6. The Balaban J connectivity index is 2.04. The minimum Gasteiger partial charge on any atom is -0.345 e. The van der Waals surface area contributed by atoms with Gasteiger partial charge in [-0.05, 0) is 25.1 Å². The first kappa shape index (κ1) is 9.49. The van der Waals surface area contributed by atoms with Gasteiger partial charge in [0.05, 0.1) is 11.6 Å². The van der Waals surface area contributed by atoms with E-state index in [1.165, 1.54) is 35.0 Å². The average molecular weight is 224 g/mol. The molecular formula is C15H16N2. The summed E-state index contributed by atoms with van der Waals surface area (Å²) in [6.07, 6.45) is 5.85. The Morgan fingerprint density at radius 3 is 3.12 bits per heavy atom. The molecular weight excluding hydrogens is 208 g/mol. The Morgan fingerprint density at radius 1 is 1.24 bits per heavy atom. The van der Waals surface area contributed by atoms with Crippen molar-refractivity contribution in [3.63, 3.8) is 0 Å². The predicted molar refractivity (Wildman–Crippen MR) is 71.0 cm³/mol. The molecule has 0 radical (unpaired) electrons. The monoisotopic (exact) mass is 224 g/mol. The molecule has 0 spiro atoms. The molecule has 2 nitrogen and oxygen atoms in total. The Labute approximate surface area is 101 Å². The van der Waals surface area contributed by atoms with Crippen LogP contribution in [-0.4, -0.2) is 29.1 Å². The molecule has 2 aromatic rings. The standard InChI is InChI=1S/C15H16N2/c1-16-8-3-6-12-13-5-2-4-11-7-9-17(15(11)13)10-14(12)16/h2,4-7,9,14H,3,8,10H2,1H3/t14-/m0/s1. The molecule has 17 heavy (non-hydrogen) atoms. The van der Waals surface area contributed by atoms with Crippen molar-refractivity contribution < 1.29 is 0 Å². The first-order valence-electron chi connectivity index (χ1n) is 6.33. The van der Waals surface area contributed by atoms with E-state index in [-0.39, 0.29) is 0 Å². The molecule has 2 heteroatoms. The van der Waals surface area contributed by atoms with Crippen LogP contribution in [0.4, 0.5) is 0 Å². The van der Waals surface area contributed by atoms with E-state index in [9.17, 15) is 0 Å². The van der Waals surface area contributed by atoms with E-state index in [1.807, 2.05) is 0 Å². The van der Waals surface area contributed by atoms with Crippen molar-refractivity contribution in [1.82, 2.24) is 9.47 Å². The lowest BCUT2D eigenvalue weighted by molar-refractivity contribution is 0.260. The lowest BCUT2D eigenvalue weighted by Crippen LogP contribution is -2.41. The highest BCUT2D eigenvalue weighted by atomic mass is 15.2. The van der Waals surface area contributed by atoms with Crippen molar-refractivity contribution in [3.8, 4) is 0 Å². The maximum Gasteiger partial charge on any atom is 0.0557 e. The molecule has 4 rings (SSSR count). The van der Waals surface area contributed by atoms with Crippen molar-refractivity contribution in [2.24, 2.45) is 0 Å². The Bertz CT molecular complexity index is 621. The zero-order valence-electron chi connectivity index (χ0n) is 10.1. The van der Waals surface area contributed by atoms with Gasteiger partial charge >= 0.3 is 0 Å². The van der Waals surface area contributed by atoms with Crippen LogP contribution < -0.4 is 0 Å². The van der Waals surface area contributed by atoms with Crippen LogP contribution >= 0.6 is 0 Å². The van der Waals surface area contributed by atoms with Crippen molar-refractivity contribution >= 4 is 16.5 Å². The number of hydrogen-bond donors (Lipinski definition) is 0. The number of nitrogens with zero attached hydrogens (tertiary/aromatic N) is 2. The topological polar surface area (TPSA) is 8.17 Å². The van der Waals surface area contributed by atoms with Gasteiger partial charge in [-0.3, -0.25) is 4.90 Å². The quantitative estimate of drug-likeness (QED) is 0.668. The van der Waals surface area contributed by atoms with Crippen LogP contribution in [0, 0.1) is 0 Å². The predicted octanol–water partition coefficient (Wildman–Crippen LogP) is 2.74. The Kier molecular flexibility index (Phi) is 1.80. The lowest BCUT2D eigenvalue weighted by atomic mass is 9.89. The smallest absolute Gasteiger partial charge is 0.0557 e. The number of rotatable bonds is 0. The number of hydrogen-bond acceptors (Lipinski definition) is 1. The van der Waals surface area contributed by atoms with Gasteiger partial charge in [0.25, 0.3) is 0 Å². The third kappa shape index (κ3) is 1.19. The van der Waals surface area contributed by atoms with E-state index in [0.29, 0.717) is 6.04 Å². The van der Waals surface area contributed by atoms with Gasteiger partial charge < -0.3 is 4.57 Å². The molecule has 1 atom stereocenters. The zero-order chi connectivity index (χ0) is 11.4. The van der Waals surface area contributed by atoms with Crippen LogP contribution in [0.3, 0.4) is 0 Å². The molecule has 0 N–H and O–H groups in total. The van der Waals surface area contributed by atoms with E-state index < -0.39 is 0 Å². The summed E-state index contributed by atoms with van der Waals surface area (Å²) in [4.78, 5) is 2.48. The minimum atomic E-state index is 0.564. The van der Waals surface area contributed by atoms with Crippen LogP contribution in [0.15, 0.2) is 36.5 Å². The van der Waals surface area contributed by atoms with Crippen LogP contribution in [0.2, 0.25) is 0 Å². The lowest BCUT2D eigenvalue weighted by Gasteiger charge is -2.37. The molecule has 0 fully saturated rings. The third-order valence-electron chi connectivity index (χ3n) is 4.21. The maximum absolute atomic E-state index is 2.48. The molecule has 0 aliphatic carbocycles. The summed E-state index contributed by atoms with van der Waals surface area (Å²) in [5.74, 6) is 0. The number of fused-ring (bicyclic) bond motifs is 2. The van der Waals surface area contributed by atoms with E-state index in [2.05, 4.69) is 53.1 Å². The van der Waals surface area contributed by atoms with Gasteiger partial charge in [0, 0.05) is 30.2 Å². The second-order valence-corrected chi connectivity index (χ2v) is 5.16. The number of benzene rings is 1. The fourth-order valence-corrected chi connectivity index (χ4v) is 3.31. The minimum absolute atomic E-state index is 0.564. The second-order valence-electron chi connectivity index (χ2n) is 5.16. The van der Waals surface area contributed by atoms with Crippen molar-refractivity contribution in [2.45, 2.75) is 19.0 Å². The molecule has 0 saturated carbocycles. The zero-order valence-corrected chi connectivity index (χ0v) is 10.1. The van der Waals surface area contributed by atoms with Gasteiger partial charge in [-0.25, -0.2) is 0 Å². The summed E-state index contributed by atoms with van der Waals surface area (Å²) in [7, 11) is 2.24. The molecule has 3 heterocycles. The summed E-state index contributed by atoms with van der Waals surface area (Å²) in [5.41, 5.74) is 4.40. The van der Waals surface area contributed by atoms with E-state index in [0.717, 1.165) is 6.54 Å². The number of aromatic nitrogens is 1. The van der Waals surface area contributed by atoms with Crippen molar-refractivity contribution in [2.75, 3.05) is 13.6 Å². The molecule has 1 aromatic carbocycles. The summed E-state index contributed by atoms with van der Waals surface area (Å²) >= 11 is 0. The van der Waals surface area contributed by atoms with E-state index in [1.54, 1.807) is 0 Å². The summed E-state index contributed by atoms with van der Waals surface area (Å²) < 4.78 is 2.41. The second kappa shape index (κ2) is 3.23. The third-order valence-corrected chi connectivity index (χ3v) is 4.21. The Morgan fingerprint density at radius 2 is 2.18 bits per heavy atom. The van der Waals surface area contributed by atoms with E-state index >= 15 is 0 Å². The van der Waals surface area contributed by atoms with Crippen LogP contribution in [0.5, 0.6) is 0 Å². The highest BCUT2D eigenvalue weighted by Crippen LogP contribution is 2.37. The van der Waals surface area contributed by atoms with Crippen molar-refractivity contribution in [1.29, 1.82) is 0 Å². The molecule has 2 aliphatic heterocycles. The van der Waals surface area contributed by atoms with Gasteiger partial charge in [0.15, 0.2) is 0 Å². The van der Waals surface area contributed by atoms with Gasteiger partial charge in [-0.2, -0.15) is 0 Å². The SMILES string of the molecule is CN1CCC=C2c3cccc4ccn(c34)C[C@@H]21. The first-order chi connectivity index (χ1) is 8.34. The average Bonchev–Trinajstić information content (AvgIpc) is 2.76. The van der Waals surface area contributed by atoms with Gasteiger partial charge in [0.2, 0.25) is 0 Å². The first-order valence-corrected chi connectivity index (χ1v) is 6.33. The highest BCUT2D eigenvalue weighted by molar-refractivity contribution is 5.94. The van der Waals surface area contributed by atoms with Gasteiger partial charge in [-0.15, -0.1) is 0 Å². The highest BCUT2D eigenvalue weighted by Gasteiger charge is 2.29. The molecule has 2 aliphatic rings. The molecule has 0 saturated heterocycles. The summed E-state index contributed by atoms with van der Waals surface area (Å²) in [5, 5.41) is 1.37. The number of likely N-dealkylation sites (N-methyl/N-ethyl adjacent to an activating group) is 1. The molecule has 0 amide bonds. The van der Waals surface area contributed by atoms with Crippen molar-refractivity contribution in [3.05, 3.63) is 42.1 Å². The molecule has 0 unspecified atom stereocenters. The fourth-order valence-electron chi connectivity index (χ4n) is 3.31. The van der Waals surface area contributed by atoms with Crippen LogP contribution in [-0.2, 0) is 6.54 Å². The number of para-hydroxylation sites is 1. The summed E-state index contributed by atoms with van der Waals surface area (Å²) in [6, 6.07) is 9.46. The fraction of sp³-hybridized carbons (Fsp3) is 0.333. The molecule has 1 aromatic heterocycles. The van der Waals surface area contributed by atoms with Gasteiger partial charge in [-0.1, -0.05) is 24.3 Å². The molecule has 86 valence electrons. The largest absolute Gasteiger partial charge is 0.345 e.